The lowest BCUT2D eigenvalue weighted by Gasteiger charge is -2.07. The molecular weight excluding hydrogens is 373 g/mol. The summed E-state index contributed by atoms with van der Waals surface area (Å²) in [6.45, 7) is 0. The van der Waals surface area contributed by atoms with Gasteiger partial charge in [-0.2, -0.15) is 0 Å². The van der Waals surface area contributed by atoms with Crippen LogP contribution in [-0.4, -0.2) is 11.2 Å². The highest BCUT2D eigenvalue weighted by Crippen LogP contribution is 2.23. The number of hydrogen-bond donors (Lipinski definition) is 1. The molecule has 0 aliphatic heterocycles. The van der Waals surface area contributed by atoms with E-state index in [1.807, 2.05) is 24.3 Å². The van der Waals surface area contributed by atoms with E-state index < -0.39 is 0 Å². The number of hydrogen-bond acceptors (Lipinski definition) is 1. The lowest BCUT2D eigenvalue weighted by atomic mass is 10.1. The number of amides is 1. The van der Waals surface area contributed by atoms with Crippen molar-refractivity contribution in [1.82, 2.24) is 0 Å². The van der Waals surface area contributed by atoms with E-state index >= 15 is 0 Å². The van der Waals surface area contributed by atoms with Gasteiger partial charge in [-0.25, -0.2) is 0 Å². The minimum absolute atomic E-state index is 0.0818. The van der Waals surface area contributed by atoms with Crippen LogP contribution in [0.5, 0.6) is 0 Å². The molecule has 0 radical (unpaired) electrons. The second-order valence-corrected chi connectivity index (χ2v) is 6.22. The fourth-order valence-corrected chi connectivity index (χ4v) is 2.68. The number of rotatable bonds is 5. The molecule has 0 aromatic heterocycles. The Kier molecular flexibility index (Phi) is 6.09. The molecule has 0 aliphatic rings. The quantitative estimate of drug-likeness (QED) is 0.710. The highest BCUT2D eigenvalue weighted by Gasteiger charge is 2.06. The Bertz CT molecular complexity index is 629. The van der Waals surface area contributed by atoms with E-state index in [2.05, 4.69) is 21.2 Å². The summed E-state index contributed by atoms with van der Waals surface area (Å²) >= 11 is 15.2. The molecule has 0 fully saturated rings. The molecule has 0 atom stereocenters. The first kappa shape index (κ1) is 16.3. The summed E-state index contributed by atoms with van der Waals surface area (Å²) in [7, 11) is 0. The molecule has 0 saturated heterocycles. The van der Waals surface area contributed by atoms with Crippen LogP contribution >= 0.6 is 39.1 Å². The maximum Gasteiger partial charge on any atom is 0.228 e. The molecule has 0 aliphatic carbocycles. The minimum Gasteiger partial charge on any atom is -0.326 e. The van der Waals surface area contributed by atoms with Crippen LogP contribution in [-0.2, 0) is 17.6 Å². The van der Waals surface area contributed by atoms with Gasteiger partial charge in [0.15, 0.2) is 0 Å². The standard InChI is InChI=1S/C16H14BrCl2NO/c17-8-7-11-1-4-13(5-2-11)20-16(21)10-12-3-6-14(18)15(19)9-12/h1-6,9H,7-8,10H2,(H,20,21). The van der Waals surface area contributed by atoms with Crippen LogP contribution in [0.15, 0.2) is 42.5 Å². The van der Waals surface area contributed by atoms with Crippen LogP contribution in [0.1, 0.15) is 11.1 Å². The molecule has 110 valence electrons. The van der Waals surface area contributed by atoms with Crippen LogP contribution < -0.4 is 5.32 Å². The van der Waals surface area contributed by atoms with Crippen LogP contribution in [0, 0.1) is 0 Å². The SMILES string of the molecule is O=C(Cc1ccc(Cl)c(Cl)c1)Nc1ccc(CCBr)cc1. The van der Waals surface area contributed by atoms with Crippen molar-refractivity contribution >= 4 is 50.7 Å². The molecular formula is C16H14BrCl2NO. The molecule has 0 bridgehead atoms. The van der Waals surface area contributed by atoms with Gasteiger partial charge in [0.05, 0.1) is 16.5 Å². The zero-order chi connectivity index (χ0) is 15.2. The van der Waals surface area contributed by atoms with E-state index in [0.717, 1.165) is 23.0 Å². The molecule has 0 heterocycles. The minimum atomic E-state index is -0.0818. The molecule has 21 heavy (non-hydrogen) atoms. The third kappa shape index (κ3) is 5.03. The molecule has 2 nitrogen and oxygen atoms in total. The number of halogens is 3. The Morgan fingerprint density at radius 1 is 1.00 bits per heavy atom. The van der Waals surface area contributed by atoms with E-state index in [4.69, 9.17) is 23.2 Å². The van der Waals surface area contributed by atoms with E-state index in [1.165, 1.54) is 5.56 Å². The van der Waals surface area contributed by atoms with Gasteiger partial charge in [0.1, 0.15) is 0 Å². The van der Waals surface area contributed by atoms with Crippen LogP contribution in [0.3, 0.4) is 0 Å². The van der Waals surface area contributed by atoms with E-state index in [-0.39, 0.29) is 12.3 Å². The summed E-state index contributed by atoms with van der Waals surface area (Å²) in [5.41, 5.74) is 2.85. The van der Waals surface area contributed by atoms with Crippen LogP contribution in [0.25, 0.3) is 0 Å². The Hall–Kier alpha value is -1.03. The highest BCUT2D eigenvalue weighted by atomic mass is 79.9. The number of alkyl halides is 1. The molecule has 2 aromatic carbocycles. The van der Waals surface area contributed by atoms with Gasteiger partial charge in [-0.1, -0.05) is 57.3 Å². The number of carbonyl (C=O) groups is 1. The number of benzene rings is 2. The maximum absolute atomic E-state index is 12.0. The zero-order valence-corrected chi connectivity index (χ0v) is 14.3. The fourth-order valence-electron chi connectivity index (χ4n) is 1.90. The number of anilines is 1. The van der Waals surface area contributed by atoms with Gasteiger partial charge in [-0.3, -0.25) is 4.79 Å². The molecule has 2 aromatic rings. The van der Waals surface area contributed by atoms with Crippen molar-refractivity contribution in [1.29, 1.82) is 0 Å². The molecule has 2 rings (SSSR count). The fraction of sp³-hybridized carbons (Fsp3) is 0.188. The first-order chi connectivity index (χ1) is 10.1. The van der Waals surface area contributed by atoms with Gasteiger partial charge in [0.2, 0.25) is 5.91 Å². The van der Waals surface area contributed by atoms with Gasteiger partial charge in [0, 0.05) is 11.0 Å². The van der Waals surface area contributed by atoms with Gasteiger partial charge in [-0.15, -0.1) is 0 Å². The van der Waals surface area contributed by atoms with E-state index in [0.29, 0.717) is 10.0 Å². The normalized spacial score (nSPS) is 10.4. The Morgan fingerprint density at radius 2 is 1.67 bits per heavy atom. The third-order valence-corrected chi connectivity index (χ3v) is 4.11. The van der Waals surface area contributed by atoms with Gasteiger partial charge in [0.25, 0.3) is 0 Å². The smallest absolute Gasteiger partial charge is 0.228 e. The number of carbonyl (C=O) groups excluding carboxylic acids is 1. The van der Waals surface area contributed by atoms with Gasteiger partial charge in [-0.05, 0) is 41.8 Å². The first-order valence-corrected chi connectivity index (χ1v) is 8.35. The predicted molar refractivity (Wildman–Crippen MR) is 92.7 cm³/mol. The highest BCUT2D eigenvalue weighted by molar-refractivity contribution is 9.09. The summed E-state index contributed by atoms with van der Waals surface area (Å²) in [5, 5.41) is 4.74. The molecule has 1 amide bonds. The lowest BCUT2D eigenvalue weighted by molar-refractivity contribution is -0.115. The van der Waals surface area contributed by atoms with Crippen molar-refractivity contribution in [2.24, 2.45) is 0 Å². The van der Waals surface area contributed by atoms with Gasteiger partial charge < -0.3 is 5.32 Å². The Balaban J connectivity index is 1.96. The van der Waals surface area contributed by atoms with Crippen molar-refractivity contribution in [3.8, 4) is 0 Å². The zero-order valence-electron chi connectivity index (χ0n) is 11.2. The van der Waals surface area contributed by atoms with Crippen molar-refractivity contribution in [2.75, 3.05) is 10.6 Å². The number of aryl methyl sites for hydroxylation is 1. The Labute approximate surface area is 142 Å². The van der Waals surface area contributed by atoms with Crippen molar-refractivity contribution < 1.29 is 4.79 Å². The van der Waals surface area contributed by atoms with Crippen LogP contribution in [0.2, 0.25) is 10.0 Å². The van der Waals surface area contributed by atoms with Crippen molar-refractivity contribution in [2.45, 2.75) is 12.8 Å². The predicted octanol–water partition coefficient (Wildman–Crippen LogP) is 5.11. The molecule has 0 spiro atoms. The van der Waals surface area contributed by atoms with Gasteiger partial charge >= 0.3 is 0 Å². The summed E-state index contributed by atoms with van der Waals surface area (Å²) in [5.74, 6) is -0.0818. The van der Waals surface area contributed by atoms with Crippen molar-refractivity contribution in [3.05, 3.63) is 63.6 Å². The molecule has 5 heteroatoms. The number of nitrogens with one attached hydrogen (secondary N) is 1. The maximum atomic E-state index is 12.0. The van der Waals surface area contributed by atoms with Crippen molar-refractivity contribution in [3.63, 3.8) is 0 Å². The Morgan fingerprint density at radius 3 is 2.29 bits per heavy atom. The summed E-state index contributed by atoms with van der Waals surface area (Å²) in [4.78, 5) is 12.0. The first-order valence-electron chi connectivity index (χ1n) is 6.47. The van der Waals surface area contributed by atoms with Crippen LogP contribution in [0.4, 0.5) is 5.69 Å². The average molecular weight is 387 g/mol. The summed E-state index contributed by atoms with van der Waals surface area (Å²) < 4.78 is 0. The second-order valence-electron chi connectivity index (χ2n) is 4.61. The largest absolute Gasteiger partial charge is 0.326 e. The molecule has 0 unspecified atom stereocenters. The second kappa shape index (κ2) is 7.83. The van der Waals surface area contributed by atoms with E-state index in [9.17, 15) is 4.79 Å². The third-order valence-electron chi connectivity index (χ3n) is 2.97. The monoisotopic (exact) mass is 385 g/mol. The average Bonchev–Trinajstić information content (AvgIpc) is 2.45. The lowest BCUT2D eigenvalue weighted by Crippen LogP contribution is -2.14. The topological polar surface area (TPSA) is 29.1 Å². The molecule has 0 saturated carbocycles. The summed E-state index contributed by atoms with van der Waals surface area (Å²) in [6.07, 6.45) is 1.23. The summed E-state index contributed by atoms with van der Waals surface area (Å²) in [6, 6.07) is 13.0. The molecule has 1 N–H and O–H groups in total. The van der Waals surface area contributed by atoms with E-state index in [1.54, 1.807) is 18.2 Å².